The van der Waals surface area contributed by atoms with Crippen molar-refractivity contribution in [1.29, 1.82) is 0 Å². The van der Waals surface area contributed by atoms with Gasteiger partial charge in [-0.1, -0.05) is 72.3 Å². The van der Waals surface area contributed by atoms with Crippen molar-refractivity contribution in [3.63, 3.8) is 0 Å². The molecule has 7 aliphatic rings. The Morgan fingerprint density at radius 1 is 0.765 bits per heavy atom. The molecule has 68 heavy (non-hydrogen) atoms. The molecule has 2 saturated heterocycles. The molecule has 17 nitrogen and oxygen atoms in total. The Hall–Kier alpha value is -2.81. The Morgan fingerprint density at radius 2 is 1.38 bits per heavy atom. The maximum atomic E-state index is 13.7. The van der Waals surface area contributed by atoms with Gasteiger partial charge in [0.25, 0.3) is 0 Å². The molecule has 0 unspecified atom stereocenters. The third kappa shape index (κ3) is 8.15. The number of hydrogen-bond acceptors (Lipinski definition) is 16. The highest BCUT2D eigenvalue weighted by Crippen LogP contribution is 2.76. The molecule has 384 valence electrons. The van der Waals surface area contributed by atoms with Crippen molar-refractivity contribution in [2.24, 2.45) is 50.2 Å². The van der Waals surface area contributed by atoms with Crippen molar-refractivity contribution in [3.05, 3.63) is 34.9 Å². The van der Waals surface area contributed by atoms with Crippen LogP contribution in [0.3, 0.4) is 0 Å². The van der Waals surface area contributed by atoms with Crippen molar-refractivity contribution >= 4 is 17.9 Å². The van der Waals surface area contributed by atoms with Crippen LogP contribution >= 0.6 is 0 Å². The van der Waals surface area contributed by atoms with E-state index in [1.54, 1.807) is 39.8 Å². The number of allylic oxidation sites excluding steroid dienone is 4. The molecule has 6 fully saturated rings. The molecule has 0 spiro atoms. The number of aliphatic hydroxyl groups excluding tert-OH is 7. The van der Waals surface area contributed by atoms with E-state index in [9.17, 15) is 55.2 Å². The predicted octanol–water partition coefficient (Wildman–Crippen LogP) is 3.47. The van der Waals surface area contributed by atoms with Gasteiger partial charge >= 0.3 is 17.9 Å². The van der Waals surface area contributed by atoms with E-state index in [1.807, 2.05) is 13.8 Å². The Morgan fingerprint density at radius 3 is 1.97 bits per heavy atom. The molecule has 0 aromatic carbocycles. The van der Waals surface area contributed by atoms with Gasteiger partial charge in [0.05, 0.1) is 30.8 Å². The van der Waals surface area contributed by atoms with Crippen LogP contribution < -0.4 is 0 Å². The first-order chi connectivity index (χ1) is 31.6. The zero-order valence-corrected chi connectivity index (χ0v) is 41.6. The number of ether oxygens (including phenoxy) is 6. The monoisotopic (exact) mass is 963 g/mol. The number of carbonyl (C=O) groups excluding carboxylic acids is 2. The van der Waals surface area contributed by atoms with E-state index < -0.39 is 138 Å². The SMILES string of the molecule is CC=C(C)C(=O)O[C@H]1[C@H](OC(=O)/C(C)=C/C)[C@]2(CO)[C@H](O)C[C@]3(C)C(=CC[C@@H]4[C@@]5(C)CC[C@H](O[C@@H]6O[C@H](C(=O)O)[C@@H](O)[C@H](O[C@@H]7OC[C@H](O)[C@H](O)[C@H]7O)[C@H]6O)C(C)(C)[C@@H]5CC[C@]43C)[C@@H]2CC1(C)C. The molecule has 17 heteroatoms. The number of esters is 2. The van der Waals surface area contributed by atoms with Crippen molar-refractivity contribution in [2.45, 2.75) is 201 Å². The minimum atomic E-state index is -1.92. The van der Waals surface area contributed by atoms with Gasteiger partial charge in [0.15, 0.2) is 24.8 Å². The van der Waals surface area contributed by atoms with Crippen LogP contribution in [0.15, 0.2) is 34.9 Å². The number of aliphatic carboxylic acids is 1. The van der Waals surface area contributed by atoms with Crippen LogP contribution in [0.2, 0.25) is 0 Å². The molecule has 8 N–H and O–H groups in total. The Balaban J connectivity index is 1.18. The molecular formula is C51H78O17. The minimum absolute atomic E-state index is 0.0612. The summed E-state index contributed by atoms with van der Waals surface area (Å²) in [5.41, 5.74) is -2.05. The highest BCUT2D eigenvalue weighted by molar-refractivity contribution is 5.89. The fourth-order valence-electron chi connectivity index (χ4n) is 14.6. The number of rotatable bonds is 10. The molecular weight excluding hydrogens is 885 g/mol. The fourth-order valence-corrected chi connectivity index (χ4v) is 14.6. The molecule has 0 amide bonds. The summed E-state index contributed by atoms with van der Waals surface area (Å²) < 4.78 is 36.1. The van der Waals surface area contributed by atoms with Gasteiger partial charge in [0.1, 0.15) is 42.7 Å². The third-order valence-electron chi connectivity index (χ3n) is 19.1. The second-order valence-corrected chi connectivity index (χ2v) is 23.2. The number of carboxylic acids is 1. The van der Waals surface area contributed by atoms with Crippen LogP contribution in [-0.2, 0) is 42.8 Å². The summed E-state index contributed by atoms with van der Waals surface area (Å²) in [4.78, 5) is 39.6. The summed E-state index contributed by atoms with van der Waals surface area (Å²) in [7, 11) is 0. The van der Waals surface area contributed by atoms with Gasteiger partial charge in [-0.3, -0.25) is 0 Å². The lowest BCUT2D eigenvalue weighted by atomic mass is 9.33. The first kappa shape index (κ1) is 53.0. The molecule has 0 aromatic rings. The van der Waals surface area contributed by atoms with Crippen LogP contribution in [0.4, 0.5) is 0 Å². The van der Waals surface area contributed by atoms with Crippen LogP contribution in [0.5, 0.6) is 0 Å². The summed E-state index contributed by atoms with van der Waals surface area (Å²) in [6.07, 6.45) is -9.33. The second-order valence-electron chi connectivity index (χ2n) is 23.2. The van der Waals surface area contributed by atoms with E-state index in [0.29, 0.717) is 36.8 Å². The van der Waals surface area contributed by atoms with Crippen molar-refractivity contribution in [1.82, 2.24) is 0 Å². The summed E-state index contributed by atoms with van der Waals surface area (Å²) in [5, 5.41) is 88.0. The molecule has 4 saturated carbocycles. The Kier molecular flexibility index (Phi) is 14.5. The highest BCUT2D eigenvalue weighted by atomic mass is 16.7. The van der Waals surface area contributed by atoms with Crippen LogP contribution in [0.1, 0.15) is 121 Å². The van der Waals surface area contributed by atoms with E-state index in [2.05, 4.69) is 40.7 Å². The fraction of sp³-hybridized carbons (Fsp3) is 0.824. The van der Waals surface area contributed by atoms with E-state index in [0.717, 1.165) is 18.4 Å². The van der Waals surface area contributed by atoms with Crippen molar-refractivity contribution in [2.75, 3.05) is 13.2 Å². The number of carboxylic acid groups (broad SMARTS) is 1. The number of hydrogen-bond donors (Lipinski definition) is 8. The van der Waals surface area contributed by atoms with E-state index in [1.165, 1.54) is 0 Å². The van der Waals surface area contributed by atoms with Crippen LogP contribution in [-0.4, -0.2) is 152 Å². The number of aliphatic hydroxyl groups is 7. The Labute approximate surface area is 399 Å². The lowest BCUT2D eigenvalue weighted by molar-refractivity contribution is -0.357. The topological polar surface area (TPSA) is 268 Å². The molecule has 0 bridgehead atoms. The number of carbonyl (C=O) groups is 3. The summed E-state index contributed by atoms with van der Waals surface area (Å²) in [6.45, 7) is 20.9. The minimum Gasteiger partial charge on any atom is -0.479 e. The van der Waals surface area contributed by atoms with Gasteiger partial charge in [0.2, 0.25) is 0 Å². The summed E-state index contributed by atoms with van der Waals surface area (Å²) in [6, 6.07) is 0. The van der Waals surface area contributed by atoms with Gasteiger partial charge in [0, 0.05) is 16.6 Å². The third-order valence-corrected chi connectivity index (χ3v) is 19.1. The molecule has 5 aliphatic carbocycles. The second kappa shape index (κ2) is 18.7. The first-order valence-corrected chi connectivity index (χ1v) is 24.5. The van der Waals surface area contributed by atoms with Gasteiger partial charge in [-0.25, -0.2) is 14.4 Å². The quantitative estimate of drug-likeness (QED) is 0.0674. The van der Waals surface area contributed by atoms with Gasteiger partial charge in [-0.2, -0.15) is 0 Å². The average Bonchev–Trinajstić information content (AvgIpc) is 3.27. The van der Waals surface area contributed by atoms with Crippen molar-refractivity contribution in [3.8, 4) is 0 Å². The van der Waals surface area contributed by atoms with Gasteiger partial charge < -0.3 is 69.3 Å². The van der Waals surface area contributed by atoms with Crippen LogP contribution in [0.25, 0.3) is 0 Å². The molecule has 20 atom stereocenters. The summed E-state index contributed by atoms with van der Waals surface area (Å²) in [5.74, 6) is -2.96. The largest absolute Gasteiger partial charge is 0.479 e. The van der Waals surface area contributed by atoms with E-state index in [4.69, 9.17) is 28.4 Å². The summed E-state index contributed by atoms with van der Waals surface area (Å²) >= 11 is 0. The average molecular weight is 963 g/mol. The van der Waals surface area contributed by atoms with Crippen molar-refractivity contribution < 1.29 is 83.7 Å². The standard InChI is InChI=1S/C51H78O17/c1-12-24(3)42(61)67-39-40(68-43(62)25(4)13-2)51(23-52)27(20-46(39,5)6)26-14-15-30-48(9)18-17-32(47(7,8)29(48)16-19-49(30,10)50(26,11)21-31(51)54)64-45-36(58)37(35(57)38(66-45)41(59)60)65-44-34(56)33(55)28(53)22-63-44/h12-14,27-40,44-45,52-58H,15-23H2,1-11H3,(H,59,60)/b24-12?,25-13+/t27-,28-,29-,30+,31+,32-,33-,34+,35-,36+,37-,38-,39-,40-,44-,45+,48-,49+,50+,51-/m0/s1. The van der Waals surface area contributed by atoms with Gasteiger partial charge in [-0.15, -0.1) is 0 Å². The molecule has 2 heterocycles. The molecule has 2 aliphatic heterocycles. The zero-order valence-electron chi connectivity index (χ0n) is 41.6. The molecule has 0 radical (unpaired) electrons. The normalized spacial score (nSPS) is 47.8. The maximum absolute atomic E-state index is 13.7. The maximum Gasteiger partial charge on any atom is 0.335 e. The Bertz CT molecular complexity index is 2030. The zero-order chi connectivity index (χ0) is 50.4. The highest BCUT2D eigenvalue weighted by Gasteiger charge is 2.74. The predicted molar refractivity (Wildman–Crippen MR) is 243 cm³/mol. The lowest BCUT2D eigenvalue weighted by Crippen LogP contribution is -2.72. The van der Waals surface area contributed by atoms with Crippen LogP contribution in [0, 0.1) is 50.2 Å². The smallest absolute Gasteiger partial charge is 0.335 e. The first-order valence-electron chi connectivity index (χ1n) is 24.5. The van der Waals surface area contributed by atoms with Gasteiger partial charge in [-0.05, 0) is 112 Å². The molecule has 7 rings (SSSR count). The number of fused-ring (bicyclic) bond motifs is 7. The lowest BCUT2D eigenvalue weighted by Gasteiger charge is -2.72. The van der Waals surface area contributed by atoms with E-state index in [-0.39, 0.29) is 29.1 Å². The molecule has 0 aromatic heterocycles. The van der Waals surface area contributed by atoms with E-state index >= 15 is 0 Å².